The molecule has 102 valence electrons. The summed E-state index contributed by atoms with van der Waals surface area (Å²) in [6.45, 7) is 3.58. The molecule has 4 nitrogen and oxygen atoms in total. The Balaban J connectivity index is 2.17. The Hall–Kier alpha value is -1.69. The summed E-state index contributed by atoms with van der Waals surface area (Å²) in [5, 5.41) is 7.06. The van der Waals surface area contributed by atoms with E-state index in [0.717, 1.165) is 24.5 Å². The van der Waals surface area contributed by atoms with Crippen molar-refractivity contribution in [1.82, 2.24) is 14.8 Å². The summed E-state index contributed by atoms with van der Waals surface area (Å²) in [6.07, 6.45) is 0.991. The topological polar surface area (TPSA) is 36.9 Å². The molecule has 0 aliphatic carbocycles. The van der Waals surface area contributed by atoms with Gasteiger partial charge in [0.15, 0.2) is 4.77 Å². The van der Waals surface area contributed by atoms with Crippen LogP contribution in [0.15, 0.2) is 24.3 Å². The minimum absolute atomic E-state index is 0.222. The van der Waals surface area contributed by atoms with Crippen molar-refractivity contribution in [2.45, 2.75) is 26.4 Å². The van der Waals surface area contributed by atoms with Gasteiger partial charge in [0.05, 0.1) is 0 Å². The van der Waals surface area contributed by atoms with Crippen molar-refractivity contribution in [3.8, 4) is 0 Å². The van der Waals surface area contributed by atoms with Crippen LogP contribution in [0.2, 0.25) is 0 Å². The molecule has 19 heavy (non-hydrogen) atoms. The van der Waals surface area contributed by atoms with E-state index in [4.69, 9.17) is 12.2 Å². The maximum absolute atomic E-state index is 12.9. The second-order valence-corrected chi connectivity index (χ2v) is 4.85. The van der Waals surface area contributed by atoms with Gasteiger partial charge in [0.2, 0.25) is 5.95 Å². The van der Waals surface area contributed by atoms with Crippen LogP contribution in [-0.2, 0) is 13.1 Å². The number of H-pyrrole nitrogens is 1. The first-order chi connectivity index (χ1) is 9.11. The Morgan fingerprint density at radius 2 is 2.05 bits per heavy atom. The van der Waals surface area contributed by atoms with Gasteiger partial charge in [0.25, 0.3) is 0 Å². The molecule has 0 fully saturated rings. The molecule has 6 heteroatoms. The number of hydrogen-bond acceptors (Lipinski definition) is 3. The first-order valence-corrected chi connectivity index (χ1v) is 6.63. The van der Waals surface area contributed by atoms with Gasteiger partial charge in [-0.05, 0) is 36.3 Å². The van der Waals surface area contributed by atoms with E-state index in [2.05, 4.69) is 17.1 Å². The van der Waals surface area contributed by atoms with Crippen LogP contribution in [0.4, 0.5) is 10.3 Å². The highest BCUT2D eigenvalue weighted by atomic mass is 32.1. The highest BCUT2D eigenvalue weighted by Crippen LogP contribution is 2.14. The number of hydrogen-bond donors (Lipinski definition) is 1. The van der Waals surface area contributed by atoms with E-state index >= 15 is 0 Å². The first kappa shape index (κ1) is 13.7. The van der Waals surface area contributed by atoms with Crippen molar-refractivity contribution in [3.05, 3.63) is 40.4 Å². The monoisotopic (exact) mass is 280 g/mol. The molecule has 1 aromatic heterocycles. The second-order valence-electron chi connectivity index (χ2n) is 4.46. The van der Waals surface area contributed by atoms with Crippen molar-refractivity contribution in [3.63, 3.8) is 0 Å². The molecule has 0 atom stereocenters. The van der Waals surface area contributed by atoms with E-state index in [1.165, 1.54) is 12.1 Å². The molecule has 2 aromatic rings. The smallest absolute Gasteiger partial charge is 0.225 e. The molecule has 0 spiro atoms. The minimum atomic E-state index is -0.222. The number of aromatic nitrogens is 3. The molecule has 0 aliphatic heterocycles. The summed E-state index contributed by atoms with van der Waals surface area (Å²) in [6, 6.07) is 6.48. The van der Waals surface area contributed by atoms with Crippen molar-refractivity contribution in [1.29, 1.82) is 0 Å². The Morgan fingerprint density at radius 3 is 2.68 bits per heavy atom. The lowest BCUT2D eigenvalue weighted by Crippen LogP contribution is -2.21. The van der Waals surface area contributed by atoms with E-state index in [9.17, 15) is 4.39 Å². The summed E-state index contributed by atoms with van der Waals surface area (Å²) < 4.78 is 15.5. The highest BCUT2D eigenvalue weighted by molar-refractivity contribution is 7.71. The Bertz CT molecular complexity index is 587. The lowest BCUT2D eigenvalue weighted by Gasteiger charge is -2.18. The summed E-state index contributed by atoms with van der Waals surface area (Å²) in [7, 11) is 1.94. The second kappa shape index (κ2) is 5.97. The molecule has 0 saturated heterocycles. The van der Waals surface area contributed by atoms with E-state index in [0.29, 0.717) is 11.3 Å². The predicted octanol–water partition coefficient (Wildman–Crippen LogP) is 3.13. The zero-order valence-corrected chi connectivity index (χ0v) is 11.9. The van der Waals surface area contributed by atoms with Gasteiger partial charge in [0, 0.05) is 20.1 Å². The van der Waals surface area contributed by atoms with Crippen LogP contribution in [0.25, 0.3) is 0 Å². The zero-order chi connectivity index (χ0) is 13.8. The normalized spacial score (nSPS) is 10.7. The lowest BCUT2D eigenvalue weighted by atomic mass is 10.2. The molecule has 1 heterocycles. The minimum Gasteiger partial charge on any atom is -0.340 e. The van der Waals surface area contributed by atoms with Gasteiger partial charge in [0.1, 0.15) is 5.82 Å². The molecule has 0 aliphatic rings. The average molecular weight is 280 g/mol. The third-order valence-corrected chi connectivity index (χ3v) is 3.17. The number of halogens is 1. The SMILES string of the molecule is CCCn1c(N(C)Cc2ccc(F)cc2)n[nH]c1=S. The molecule has 0 amide bonds. The first-order valence-electron chi connectivity index (χ1n) is 6.22. The van der Waals surface area contributed by atoms with Crippen LogP contribution in [0.5, 0.6) is 0 Å². The molecule has 0 saturated carbocycles. The summed E-state index contributed by atoms with van der Waals surface area (Å²) in [5.74, 6) is 0.580. The summed E-state index contributed by atoms with van der Waals surface area (Å²) in [5.41, 5.74) is 1.03. The molecule has 0 radical (unpaired) electrons. The number of benzene rings is 1. The molecule has 0 unspecified atom stereocenters. The van der Waals surface area contributed by atoms with Gasteiger partial charge < -0.3 is 4.90 Å². The molecule has 1 N–H and O–H groups in total. The number of rotatable bonds is 5. The zero-order valence-electron chi connectivity index (χ0n) is 11.1. The summed E-state index contributed by atoms with van der Waals surface area (Å²) >= 11 is 5.21. The highest BCUT2D eigenvalue weighted by Gasteiger charge is 2.10. The maximum atomic E-state index is 12.9. The molecular formula is C13H17FN4S. The molecular weight excluding hydrogens is 263 g/mol. The van der Waals surface area contributed by atoms with E-state index in [1.54, 1.807) is 12.1 Å². The molecule has 2 rings (SSSR count). The van der Waals surface area contributed by atoms with Crippen molar-refractivity contribution >= 4 is 18.2 Å². The third-order valence-electron chi connectivity index (χ3n) is 2.86. The number of nitrogens with zero attached hydrogens (tertiary/aromatic N) is 3. The van der Waals surface area contributed by atoms with Crippen LogP contribution in [-0.4, -0.2) is 21.8 Å². The maximum Gasteiger partial charge on any atom is 0.225 e. The number of aromatic amines is 1. The quantitative estimate of drug-likeness (QED) is 0.855. The van der Waals surface area contributed by atoms with Gasteiger partial charge in [-0.25, -0.2) is 9.49 Å². The van der Waals surface area contributed by atoms with Gasteiger partial charge in [-0.3, -0.25) is 4.57 Å². The van der Waals surface area contributed by atoms with Crippen molar-refractivity contribution < 1.29 is 4.39 Å². The number of nitrogens with one attached hydrogen (secondary N) is 1. The van der Waals surface area contributed by atoms with Crippen LogP contribution in [0, 0.1) is 10.6 Å². The standard InChI is InChI=1S/C13H17FN4S/c1-3-8-18-12(15-16-13(18)19)17(2)9-10-4-6-11(14)7-5-10/h4-7H,3,8-9H2,1-2H3,(H,16,19). The van der Waals surface area contributed by atoms with Crippen LogP contribution in [0.1, 0.15) is 18.9 Å². The Kier molecular flexibility index (Phi) is 4.31. The van der Waals surface area contributed by atoms with Crippen LogP contribution in [0.3, 0.4) is 0 Å². The Labute approximate surface area is 116 Å². The van der Waals surface area contributed by atoms with E-state index in [1.807, 2.05) is 16.5 Å². The van der Waals surface area contributed by atoms with Gasteiger partial charge in [-0.2, -0.15) is 0 Å². The largest absolute Gasteiger partial charge is 0.340 e. The Morgan fingerprint density at radius 1 is 1.37 bits per heavy atom. The fourth-order valence-corrected chi connectivity index (χ4v) is 2.18. The fraction of sp³-hybridized carbons (Fsp3) is 0.385. The van der Waals surface area contributed by atoms with Crippen molar-refractivity contribution in [2.24, 2.45) is 0 Å². The van der Waals surface area contributed by atoms with Crippen LogP contribution >= 0.6 is 12.2 Å². The lowest BCUT2D eigenvalue weighted by molar-refractivity contribution is 0.626. The predicted molar refractivity (Wildman–Crippen MR) is 76.2 cm³/mol. The third kappa shape index (κ3) is 3.20. The van der Waals surface area contributed by atoms with E-state index in [-0.39, 0.29) is 5.82 Å². The molecule has 0 bridgehead atoms. The summed E-state index contributed by atoms with van der Waals surface area (Å²) in [4.78, 5) is 2.00. The molecule has 1 aromatic carbocycles. The van der Waals surface area contributed by atoms with Crippen LogP contribution < -0.4 is 4.90 Å². The van der Waals surface area contributed by atoms with Crippen molar-refractivity contribution in [2.75, 3.05) is 11.9 Å². The van der Waals surface area contributed by atoms with Gasteiger partial charge in [-0.1, -0.05) is 19.1 Å². The number of anilines is 1. The van der Waals surface area contributed by atoms with E-state index < -0.39 is 0 Å². The fourth-order valence-electron chi connectivity index (χ4n) is 1.96. The van der Waals surface area contributed by atoms with Gasteiger partial charge >= 0.3 is 0 Å². The average Bonchev–Trinajstić information content (AvgIpc) is 2.75. The van der Waals surface area contributed by atoms with Gasteiger partial charge in [-0.15, -0.1) is 5.10 Å².